The normalized spacial score (nSPS) is 10.8. The highest BCUT2D eigenvalue weighted by Gasteiger charge is 2.13. The third-order valence-electron chi connectivity index (χ3n) is 4.30. The van der Waals surface area contributed by atoms with Crippen molar-refractivity contribution in [2.75, 3.05) is 12.4 Å². The largest absolute Gasteiger partial charge is 0.491 e. The number of imidazole rings is 1. The number of hydrogen-bond donors (Lipinski definition) is 1. The van der Waals surface area contributed by atoms with Crippen LogP contribution in [0.4, 0.5) is 5.69 Å². The van der Waals surface area contributed by atoms with Gasteiger partial charge in [0.1, 0.15) is 6.54 Å². The predicted molar refractivity (Wildman–Crippen MR) is 115 cm³/mol. The average Bonchev–Trinajstić information content (AvgIpc) is 3.09. The summed E-state index contributed by atoms with van der Waals surface area (Å²) < 4.78 is 8.74. The highest BCUT2D eigenvalue weighted by molar-refractivity contribution is 7.98. The number of benzene rings is 1. The molecule has 1 N–H and O–H groups in total. The van der Waals surface area contributed by atoms with Crippen molar-refractivity contribution in [1.82, 2.24) is 14.1 Å². The van der Waals surface area contributed by atoms with Gasteiger partial charge in [-0.15, -0.1) is 0 Å². The molecule has 1 aromatic carbocycles. The molecule has 152 valence electrons. The first kappa shape index (κ1) is 21.0. The molecule has 0 atom stereocenters. The Kier molecular flexibility index (Phi) is 6.66. The van der Waals surface area contributed by atoms with Crippen LogP contribution in [0, 0.1) is 6.92 Å². The van der Waals surface area contributed by atoms with Gasteiger partial charge >= 0.3 is 0 Å². The average molecular weight is 433 g/mol. The first-order valence-electron chi connectivity index (χ1n) is 8.81. The van der Waals surface area contributed by atoms with Gasteiger partial charge in [-0.3, -0.25) is 9.59 Å². The maximum Gasteiger partial charge on any atom is 0.244 e. The second kappa shape index (κ2) is 9.19. The number of pyridine rings is 1. The van der Waals surface area contributed by atoms with Gasteiger partial charge in [0.05, 0.1) is 13.3 Å². The zero-order valence-electron chi connectivity index (χ0n) is 16.3. The molecule has 0 bridgehead atoms. The number of carbonyl (C=O) groups is 1. The predicted octanol–water partition coefficient (Wildman–Crippen LogP) is 3.48. The van der Waals surface area contributed by atoms with Gasteiger partial charge in [0.2, 0.25) is 11.3 Å². The second-order valence-electron chi connectivity index (χ2n) is 6.45. The van der Waals surface area contributed by atoms with Crippen molar-refractivity contribution in [1.29, 1.82) is 0 Å². The highest BCUT2D eigenvalue weighted by Crippen LogP contribution is 2.22. The lowest BCUT2D eigenvalue weighted by atomic mass is 10.2. The molecule has 1 amide bonds. The van der Waals surface area contributed by atoms with E-state index in [4.69, 9.17) is 16.3 Å². The molecule has 7 nitrogen and oxygen atoms in total. The number of ether oxygens (including phenoxy) is 1. The number of rotatable bonds is 7. The molecule has 0 unspecified atom stereocenters. The molecule has 0 radical (unpaired) electrons. The first-order chi connectivity index (χ1) is 13.9. The smallest absolute Gasteiger partial charge is 0.244 e. The SMILES string of the molecule is COc1cn(CC(=O)Nc2ccc(C)c(Cl)c2)c(CSc2nccn2C)cc1=O. The van der Waals surface area contributed by atoms with Gasteiger partial charge in [0.25, 0.3) is 0 Å². The van der Waals surface area contributed by atoms with Crippen LogP contribution < -0.4 is 15.5 Å². The lowest BCUT2D eigenvalue weighted by molar-refractivity contribution is -0.116. The Morgan fingerprint density at radius 2 is 2.14 bits per heavy atom. The van der Waals surface area contributed by atoms with Gasteiger partial charge in [-0.1, -0.05) is 29.4 Å². The van der Waals surface area contributed by atoms with Crippen molar-refractivity contribution in [3.63, 3.8) is 0 Å². The number of anilines is 1. The summed E-state index contributed by atoms with van der Waals surface area (Å²) in [5, 5.41) is 4.23. The third-order valence-corrected chi connectivity index (χ3v) is 5.80. The lowest BCUT2D eigenvalue weighted by Gasteiger charge is -2.15. The lowest BCUT2D eigenvalue weighted by Crippen LogP contribution is -2.22. The molecule has 0 spiro atoms. The zero-order chi connectivity index (χ0) is 21.0. The van der Waals surface area contributed by atoms with E-state index >= 15 is 0 Å². The van der Waals surface area contributed by atoms with Gasteiger partial charge in [-0.25, -0.2) is 4.98 Å². The fourth-order valence-electron chi connectivity index (χ4n) is 2.67. The number of aryl methyl sites for hydroxylation is 2. The number of nitrogens with one attached hydrogen (secondary N) is 1. The molecule has 0 saturated carbocycles. The van der Waals surface area contributed by atoms with Crippen LogP contribution in [0.5, 0.6) is 5.75 Å². The standard InChI is InChI=1S/C20H21ClN4O3S/c1-13-4-5-14(8-16(13)21)23-19(27)11-25-10-18(28-3)17(26)9-15(25)12-29-20-22-6-7-24(20)2/h4-10H,11-12H2,1-3H3,(H,23,27). The number of hydrogen-bond acceptors (Lipinski definition) is 5. The Morgan fingerprint density at radius 1 is 1.34 bits per heavy atom. The van der Waals surface area contributed by atoms with Crippen molar-refractivity contribution in [3.05, 3.63) is 69.4 Å². The van der Waals surface area contributed by atoms with E-state index in [9.17, 15) is 9.59 Å². The van der Waals surface area contributed by atoms with Gasteiger partial charge in [-0.05, 0) is 24.6 Å². The summed E-state index contributed by atoms with van der Waals surface area (Å²) in [7, 11) is 3.33. The first-order valence-corrected chi connectivity index (χ1v) is 10.2. The van der Waals surface area contributed by atoms with Crippen molar-refractivity contribution in [2.45, 2.75) is 24.4 Å². The molecule has 29 heavy (non-hydrogen) atoms. The Bertz CT molecular complexity index is 1090. The van der Waals surface area contributed by atoms with Gasteiger partial charge in [-0.2, -0.15) is 0 Å². The van der Waals surface area contributed by atoms with Crippen LogP contribution in [-0.4, -0.2) is 27.1 Å². The summed E-state index contributed by atoms with van der Waals surface area (Å²) in [4.78, 5) is 29.1. The number of thioether (sulfide) groups is 1. The van der Waals surface area contributed by atoms with Crippen LogP contribution in [-0.2, 0) is 24.1 Å². The van der Waals surface area contributed by atoms with Crippen LogP contribution >= 0.6 is 23.4 Å². The van der Waals surface area contributed by atoms with Crippen LogP contribution in [0.2, 0.25) is 5.02 Å². The van der Waals surface area contributed by atoms with Gasteiger partial charge in [0.15, 0.2) is 10.9 Å². The van der Waals surface area contributed by atoms with E-state index in [2.05, 4.69) is 10.3 Å². The van der Waals surface area contributed by atoms with Crippen molar-refractivity contribution < 1.29 is 9.53 Å². The quantitative estimate of drug-likeness (QED) is 0.578. The molecule has 0 aliphatic rings. The zero-order valence-corrected chi connectivity index (χ0v) is 17.9. The van der Waals surface area contributed by atoms with Crippen LogP contribution in [0.1, 0.15) is 11.3 Å². The van der Waals surface area contributed by atoms with Gasteiger partial charge in [0, 0.05) is 47.7 Å². The fraction of sp³-hybridized carbons (Fsp3) is 0.250. The van der Waals surface area contributed by atoms with Crippen LogP contribution in [0.25, 0.3) is 0 Å². The number of methoxy groups -OCH3 is 1. The Hall–Kier alpha value is -2.71. The molecule has 3 aromatic rings. The Morgan fingerprint density at radius 3 is 2.79 bits per heavy atom. The summed E-state index contributed by atoms with van der Waals surface area (Å²) in [6, 6.07) is 6.83. The molecule has 0 aliphatic heterocycles. The summed E-state index contributed by atoms with van der Waals surface area (Å²) in [5.41, 5.74) is 2.01. The van der Waals surface area contributed by atoms with Crippen molar-refractivity contribution in [2.24, 2.45) is 7.05 Å². The maximum absolute atomic E-state index is 12.6. The van der Waals surface area contributed by atoms with E-state index in [1.165, 1.54) is 24.9 Å². The summed E-state index contributed by atoms with van der Waals surface area (Å²) in [5.74, 6) is 0.425. The van der Waals surface area contributed by atoms with Gasteiger partial charge < -0.3 is 19.2 Å². The molecule has 0 aliphatic carbocycles. The number of carbonyl (C=O) groups excluding carboxylic acids is 1. The minimum Gasteiger partial charge on any atom is -0.491 e. The molecule has 3 rings (SSSR count). The minimum atomic E-state index is -0.237. The van der Waals surface area contributed by atoms with E-state index in [0.717, 1.165) is 10.7 Å². The summed E-state index contributed by atoms with van der Waals surface area (Å²) in [6.45, 7) is 1.92. The van der Waals surface area contributed by atoms with E-state index in [1.807, 2.05) is 30.8 Å². The van der Waals surface area contributed by atoms with Crippen molar-refractivity contribution >= 4 is 35.0 Å². The molecular weight excluding hydrogens is 412 g/mol. The number of nitrogens with zero attached hydrogens (tertiary/aromatic N) is 3. The maximum atomic E-state index is 12.6. The van der Waals surface area contributed by atoms with Crippen LogP contribution in [0.3, 0.4) is 0 Å². The topological polar surface area (TPSA) is 78.2 Å². The molecule has 0 fully saturated rings. The van der Waals surface area contributed by atoms with E-state index in [1.54, 1.807) is 29.1 Å². The third kappa shape index (κ3) is 5.21. The molecule has 9 heteroatoms. The summed E-state index contributed by atoms with van der Waals surface area (Å²) >= 11 is 7.60. The molecule has 0 saturated heterocycles. The van der Waals surface area contributed by atoms with Crippen molar-refractivity contribution in [3.8, 4) is 5.75 Å². The molecule has 2 aromatic heterocycles. The molecule has 2 heterocycles. The van der Waals surface area contributed by atoms with Crippen LogP contribution in [0.15, 0.2) is 52.8 Å². The van der Waals surface area contributed by atoms with E-state index < -0.39 is 0 Å². The highest BCUT2D eigenvalue weighted by atomic mass is 35.5. The number of halogens is 1. The second-order valence-corrected chi connectivity index (χ2v) is 7.80. The minimum absolute atomic E-state index is 0.0264. The number of amides is 1. The van der Waals surface area contributed by atoms with E-state index in [0.29, 0.717) is 22.2 Å². The fourth-order valence-corrected chi connectivity index (χ4v) is 3.78. The Labute approximate surface area is 177 Å². The summed E-state index contributed by atoms with van der Waals surface area (Å²) in [6.07, 6.45) is 5.12. The number of aromatic nitrogens is 3. The van der Waals surface area contributed by atoms with E-state index in [-0.39, 0.29) is 23.6 Å². The monoisotopic (exact) mass is 432 g/mol. The Balaban J connectivity index is 1.80. The molecular formula is C20H21ClN4O3S.